The molecule has 0 bridgehead atoms. The SMILES string of the molecule is Cn1nc(-c2ccc3ncoc3c2)c(Br)c1CN. The van der Waals surface area contributed by atoms with Crippen molar-refractivity contribution in [3.63, 3.8) is 0 Å². The Kier molecular flexibility index (Phi) is 2.68. The number of benzene rings is 1. The highest BCUT2D eigenvalue weighted by Gasteiger charge is 2.15. The van der Waals surface area contributed by atoms with Crippen LogP contribution in [-0.2, 0) is 13.6 Å². The molecule has 0 aliphatic heterocycles. The molecular formula is C12H11BrN4O. The number of nitrogens with two attached hydrogens (primary N) is 1. The van der Waals surface area contributed by atoms with Crippen molar-refractivity contribution in [2.24, 2.45) is 12.8 Å². The fraction of sp³-hybridized carbons (Fsp3) is 0.167. The molecule has 0 spiro atoms. The predicted molar refractivity (Wildman–Crippen MR) is 71.8 cm³/mol. The molecule has 0 amide bonds. The summed E-state index contributed by atoms with van der Waals surface area (Å²) in [6.07, 6.45) is 1.44. The average Bonchev–Trinajstić information content (AvgIpc) is 2.93. The highest BCUT2D eigenvalue weighted by molar-refractivity contribution is 9.10. The summed E-state index contributed by atoms with van der Waals surface area (Å²) in [5.41, 5.74) is 10.1. The second kappa shape index (κ2) is 4.22. The zero-order valence-corrected chi connectivity index (χ0v) is 11.3. The van der Waals surface area contributed by atoms with E-state index < -0.39 is 0 Å². The van der Waals surface area contributed by atoms with Crippen LogP contribution in [0.25, 0.3) is 22.4 Å². The van der Waals surface area contributed by atoms with Crippen LogP contribution >= 0.6 is 15.9 Å². The van der Waals surface area contributed by atoms with Gasteiger partial charge in [-0.2, -0.15) is 5.10 Å². The van der Waals surface area contributed by atoms with Gasteiger partial charge in [0.05, 0.1) is 10.2 Å². The largest absolute Gasteiger partial charge is 0.443 e. The van der Waals surface area contributed by atoms with Gasteiger partial charge in [0.15, 0.2) is 12.0 Å². The normalized spacial score (nSPS) is 11.3. The van der Waals surface area contributed by atoms with Crippen LogP contribution < -0.4 is 5.73 Å². The van der Waals surface area contributed by atoms with Crippen molar-refractivity contribution in [3.05, 3.63) is 34.8 Å². The van der Waals surface area contributed by atoms with E-state index in [1.165, 1.54) is 6.39 Å². The van der Waals surface area contributed by atoms with E-state index in [2.05, 4.69) is 26.0 Å². The van der Waals surface area contributed by atoms with Gasteiger partial charge in [-0.1, -0.05) is 6.07 Å². The number of fused-ring (bicyclic) bond motifs is 1. The molecular weight excluding hydrogens is 296 g/mol. The minimum atomic E-state index is 0.439. The number of aryl methyl sites for hydroxylation is 1. The third kappa shape index (κ3) is 1.65. The van der Waals surface area contributed by atoms with Crippen molar-refractivity contribution in [2.45, 2.75) is 6.54 Å². The molecule has 3 aromatic rings. The molecule has 0 saturated carbocycles. The summed E-state index contributed by atoms with van der Waals surface area (Å²) >= 11 is 3.54. The van der Waals surface area contributed by atoms with Gasteiger partial charge in [-0.15, -0.1) is 0 Å². The zero-order chi connectivity index (χ0) is 12.7. The van der Waals surface area contributed by atoms with E-state index >= 15 is 0 Å². The zero-order valence-electron chi connectivity index (χ0n) is 9.72. The summed E-state index contributed by atoms with van der Waals surface area (Å²) in [6.45, 7) is 0.439. The lowest BCUT2D eigenvalue weighted by Gasteiger charge is -1.97. The smallest absolute Gasteiger partial charge is 0.181 e. The van der Waals surface area contributed by atoms with Gasteiger partial charge in [0.25, 0.3) is 0 Å². The minimum absolute atomic E-state index is 0.439. The number of hydrogen-bond acceptors (Lipinski definition) is 4. The van der Waals surface area contributed by atoms with E-state index in [1.54, 1.807) is 4.68 Å². The molecule has 5 nitrogen and oxygen atoms in total. The van der Waals surface area contributed by atoms with E-state index in [-0.39, 0.29) is 0 Å². The molecule has 18 heavy (non-hydrogen) atoms. The van der Waals surface area contributed by atoms with Crippen LogP contribution in [0.4, 0.5) is 0 Å². The average molecular weight is 307 g/mol. The molecule has 2 aromatic heterocycles. The summed E-state index contributed by atoms with van der Waals surface area (Å²) in [5, 5.41) is 4.47. The third-order valence-electron chi connectivity index (χ3n) is 2.90. The standard InChI is InChI=1S/C12H11BrN4O/c1-17-9(5-14)11(13)12(16-17)7-2-3-8-10(4-7)18-6-15-8/h2-4,6H,5,14H2,1H3. The number of oxazole rings is 1. The molecule has 0 radical (unpaired) electrons. The van der Waals surface area contributed by atoms with Gasteiger partial charge in [0.1, 0.15) is 11.2 Å². The quantitative estimate of drug-likeness (QED) is 0.789. The molecule has 0 aliphatic carbocycles. The summed E-state index contributed by atoms with van der Waals surface area (Å²) in [6, 6.07) is 5.81. The van der Waals surface area contributed by atoms with E-state index in [4.69, 9.17) is 10.2 Å². The maximum Gasteiger partial charge on any atom is 0.181 e. The van der Waals surface area contributed by atoms with E-state index in [1.807, 2.05) is 25.2 Å². The monoisotopic (exact) mass is 306 g/mol. The number of nitrogens with zero attached hydrogens (tertiary/aromatic N) is 3. The Labute approximate surface area is 112 Å². The number of rotatable bonds is 2. The fourth-order valence-electron chi connectivity index (χ4n) is 1.94. The summed E-state index contributed by atoms with van der Waals surface area (Å²) in [5.74, 6) is 0. The van der Waals surface area contributed by atoms with Crippen LogP contribution in [0, 0.1) is 0 Å². The van der Waals surface area contributed by atoms with Crippen LogP contribution in [0.15, 0.2) is 33.5 Å². The van der Waals surface area contributed by atoms with Crippen molar-refractivity contribution in [3.8, 4) is 11.3 Å². The van der Waals surface area contributed by atoms with Crippen LogP contribution in [0.5, 0.6) is 0 Å². The van der Waals surface area contributed by atoms with Crippen molar-refractivity contribution in [1.82, 2.24) is 14.8 Å². The molecule has 6 heteroatoms. The first-order valence-corrected chi connectivity index (χ1v) is 6.25. The third-order valence-corrected chi connectivity index (χ3v) is 3.73. The van der Waals surface area contributed by atoms with Crippen molar-refractivity contribution < 1.29 is 4.42 Å². The van der Waals surface area contributed by atoms with E-state index in [9.17, 15) is 0 Å². The Hall–Kier alpha value is -1.66. The summed E-state index contributed by atoms with van der Waals surface area (Å²) < 4.78 is 8.00. The molecule has 0 atom stereocenters. The summed E-state index contributed by atoms with van der Waals surface area (Å²) in [4.78, 5) is 4.09. The Bertz CT molecular complexity index is 716. The second-order valence-electron chi connectivity index (χ2n) is 3.97. The van der Waals surface area contributed by atoms with Crippen LogP contribution in [-0.4, -0.2) is 14.8 Å². The van der Waals surface area contributed by atoms with Crippen LogP contribution in [0.3, 0.4) is 0 Å². The maximum atomic E-state index is 5.70. The Morgan fingerprint density at radius 2 is 2.28 bits per heavy atom. The lowest BCUT2D eigenvalue weighted by molar-refractivity contribution is 0.602. The number of halogens is 1. The molecule has 2 heterocycles. The Morgan fingerprint density at radius 3 is 3.00 bits per heavy atom. The molecule has 0 unspecified atom stereocenters. The first-order valence-electron chi connectivity index (χ1n) is 5.45. The van der Waals surface area contributed by atoms with Crippen molar-refractivity contribution in [2.75, 3.05) is 0 Å². The first kappa shape index (κ1) is 11.4. The highest BCUT2D eigenvalue weighted by Crippen LogP contribution is 2.31. The molecule has 1 aromatic carbocycles. The highest BCUT2D eigenvalue weighted by atomic mass is 79.9. The second-order valence-corrected chi connectivity index (χ2v) is 4.76. The molecule has 0 saturated heterocycles. The molecule has 0 fully saturated rings. The van der Waals surface area contributed by atoms with Gasteiger partial charge in [-0.25, -0.2) is 4.98 Å². The molecule has 92 valence electrons. The molecule has 0 aliphatic rings. The lowest BCUT2D eigenvalue weighted by atomic mass is 10.1. The van der Waals surface area contributed by atoms with Gasteiger partial charge in [-0.3, -0.25) is 4.68 Å². The van der Waals surface area contributed by atoms with Gasteiger partial charge < -0.3 is 10.2 Å². The van der Waals surface area contributed by atoms with Gasteiger partial charge in [-0.05, 0) is 28.1 Å². The van der Waals surface area contributed by atoms with E-state index in [0.29, 0.717) is 6.54 Å². The first-order chi connectivity index (χ1) is 8.70. The molecule has 2 N–H and O–H groups in total. The van der Waals surface area contributed by atoms with Crippen LogP contribution in [0.2, 0.25) is 0 Å². The maximum absolute atomic E-state index is 5.70. The van der Waals surface area contributed by atoms with Crippen LogP contribution in [0.1, 0.15) is 5.69 Å². The Morgan fingerprint density at radius 1 is 1.44 bits per heavy atom. The van der Waals surface area contributed by atoms with E-state index in [0.717, 1.165) is 32.5 Å². The number of aromatic nitrogens is 3. The minimum Gasteiger partial charge on any atom is -0.443 e. The lowest BCUT2D eigenvalue weighted by Crippen LogP contribution is -2.04. The fourth-order valence-corrected chi connectivity index (χ4v) is 2.67. The van der Waals surface area contributed by atoms with Gasteiger partial charge in [0.2, 0.25) is 0 Å². The van der Waals surface area contributed by atoms with Gasteiger partial charge >= 0.3 is 0 Å². The summed E-state index contributed by atoms with van der Waals surface area (Å²) in [7, 11) is 1.88. The van der Waals surface area contributed by atoms with Crippen molar-refractivity contribution >= 4 is 27.0 Å². The number of hydrogen-bond donors (Lipinski definition) is 1. The molecule has 3 rings (SSSR count). The topological polar surface area (TPSA) is 69.9 Å². The van der Waals surface area contributed by atoms with Crippen molar-refractivity contribution in [1.29, 1.82) is 0 Å². The Balaban J connectivity index is 2.19. The predicted octanol–water partition coefficient (Wildman–Crippen LogP) is 2.45. The van der Waals surface area contributed by atoms with Gasteiger partial charge in [0, 0.05) is 19.2 Å².